The van der Waals surface area contributed by atoms with Gasteiger partial charge in [-0.25, -0.2) is 0 Å². The van der Waals surface area contributed by atoms with Crippen LogP contribution in [0.1, 0.15) is 36.8 Å². The van der Waals surface area contributed by atoms with Crippen molar-refractivity contribution in [3.8, 4) is 11.3 Å². The lowest BCUT2D eigenvalue weighted by Gasteiger charge is -2.39. The summed E-state index contributed by atoms with van der Waals surface area (Å²) < 4.78 is 12.0. The molecule has 0 radical (unpaired) electrons. The lowest BCUT2D eigenvalue weighted by atomic mass is 9.84. The summed E-state index contributed by atoms with van der Waals surface area (Å²) in [6.07, 6.45) is 8.32. The van der Waals surface area contributed by atoms with E-state index in [1.54, 1.807) is 0 Å². The number of aromatic nitrogens is 2. The molecule has 0 aliphatic heterocycles. The average Bonchev–Trinajstić information content (AvgIpc) is 2.72. The Hall–Kier alpha value is -1.75. The molecule has 0 amide bonds. The zero-order valence-electron chi connectivity index (χ0n) is 14.0. The van der Waals surface area contributed by atoms with Gasteiger partial charge < -0.3 is 5.32 Å². The molecule has 1 unspecified atom stereocenters. The van der Waals surface area contributed by atoms with E-state index >= 15 is 0 Å². The zero-order valence-corrected chi connectivity index (χ0v) is 14.9. The van der Waals surface area contributed by atoms with E-state index in [1.807, 2.05) is 6.26 Å². The maximum absolute atomic E-state index is 12.0. The molecule has 2 aliphatic rings. The van der Waals surface area contributed by atoms with Crippen molar-refractivity contribution in [1.82, 2.24) is 10.2 Å². The largest absolute Gasteiger partial charge is 0.367 e. The summed E-state index contributed by atoms with van der Waals surface area (Å²) in [6, 6.07) is 10.6. The van der Waals surface area contributed by atoms with Crippen LogP contribution in [-0.2, 0) is 23.6 Å². The van der Waals surface area contributed by atoms with Crippen LogP contribution in [0.25, 0.3) is 11.3 Å². The summed E-state index contributed by atoms with van der Waals surface area (Å²) in [5, 5.41) is 12.3. The lowest BCUT2D eigenvalue weighted by Crippen LogP contribution is -2.47. The highest BCUT2D eigenvalue weighted by atomic mass is 32.2. The first-order chi connectivity index (χ1) is 11.7. The minimum absolute atomic E-state index is 0.0684. The third-order valence-electron chi connectivity index (χ3n) is 5.50. The molecule has 24 heavy (non-hydrogen) atoms. The summed E-state index contributed by atoms with van der Waals surface area (Å²) in [6.45, 7) is 0.722. The fourth-order valence-electron chi connectivity index (χ4n) is 3.76. The summed E-state index contributed by atoms with van der Waals surface area (Å²) in [5.41, 5.74) is 4.86. The van der Waals surface area contributed by atoms with Crippen LogP contribution in [0.4, 0.5) is 5.82 Å². The third kappa shape index (κ3) is 2.75. The topological polar surface area (TPSA) is 54.9 Å². The second-order valence-corrected chi connectivity index (χ2v) is 8.73. The van der Waals surface area contributed by atoms with E-state index in [1.165, 1.54) is 23.1 Å². The molecule has 1 heterocycles. The summed E-state index contributed by atoms with van der Waals surface area (Å²) in [4.78, 5) is 0. The number of rotatable bonds is 4. The fourth-order valence-corrected chi connectivity index (χ4v) is 4.90. The number of nitrogens with zero attached hydrogens (tertiary/aromatic N) is 2. The van der Waals surface area contributed by atoms with E-state index < -0.39 is 10.8 Å². The Bertz CT molecular complexity index is 786. The van der Waals surface area contributed by atoms with Crippen molar-refractivity contribution in [2.24, 2.45) is 0 Å². The zero-order chi connectivity index (χ0) is 16.6. The molecule has 126 valence electrons. The Morgan fingerprint density at radius 3 is 2.67 bits per heavy atom. The smallest absolute Gasteiger partial charge is 0.149 e. The molecule has 2 aromatic rings. The van der Waals surface area contributed by atoms with Crippen LogP contribution in [0.5, 0.6) is 0 Å². The van der Waals surface area contributed by atoms with Gasteiger partial charge in [0.2, 0.25) is 0 Å². The van der Waals surface area contributed by atoms with Crippen LogP contribution >= 0.6 is 0 Å². The molecule has 0 bridgehead atoms. The van der Waals surface area contributed by atoms with Crippen molar-refractivity contribution < 1.29 is 4.21 Å². The molecule has 5 heteroatoms. The van der Waals surface area contributed by atoms with E-state index in [0.29, 0.717) is 0 Å². The van der Waals surface area contributed by atoms with E-state index in [4.69, 9.17) is 0 Å². The van der Waals surface area contributed by atoms with Crippen LogP contribution in [0.15, 0.2) is 30.3 Å². The number of benzene rings is 1. The fraction of sp³-hybridized carbons (Fsp3) is 0.474. The molecular formula is C19H23N3OS. The Balaban J connectivity index is 1.58. The highest BCUT2D eigenvalue weighted by Crippen LogP contribution is 2.37. The van der Waals surface area contributed by atoms with Crippen LogP contribution in [0.3, 0.4) is 0 Å². The van der Waals surface area contributed by atoms with Crippen LogP contribution in [-0.4, -0.2) is 32.0 Å². The minimum atomic E-state index is -0.801. The predicted molar refractivity (Wildman–Crippen MR) is 98.6 cm³/mol. The monoisotopic (exact) mass is 341 g/mol. The highest BCUT2D eigenvalue weighted by Gasteiger charge is 2.40. The van der Waals surface area contributed by atoms with Crippen molar-refractivity contribution >= 4 is 16.6 Å². The van der Waals surface area contributed by atoms with Gasteiger partial charge in [-0.2, -0.15) is 0 Å². The van der Waals surface area contributed by atoms with Gasteiger partial charge in [0.1, 0.15) is 5.82 Å². The van der Waals surface area contributed by atoms with Crippen molar-refractivity contribution in [2.75, 3.05) is 18.1 Å². The third-order valence-corrected chi connectivity index (χ3v) is 7.28. The molecule has 1 aromatic heterocycles. The quantitative estimate of drug-likeness (QED) is 0.927. The first-order valence-corrected chi connectivity index (χ1v) is 10.3. The minimum Gasteiger partial charge on any atom is -0.367 e. The number of anilines is 1. The molecule has 1 atom stereocenters. The van der Waals surface area contributed by atoms with E-state index in [-0.39, 0.29) is 4.75 Å². The van der Waals surface area contributed by atoms with Gasteiger partial charge in [-0.15, -0.1) is 10.2 Å². The maximum Gasteiger partial charge on any atom is 0.149 e. The standard InChI is InChI=1S/C19H23N3OS/c1-24(23)19(10-5-11-19)13-20-17-12-15-8-4-7-14-6-2-3-9-16(14)18(15)22-21-17/h2-3,6,9,12H,4-5,7-8,10-11,13H2,1H3,(H,20,21). The molecule has 1 aromatic carbocycles. The van der Waals surface area contributed by atoms with Gasteiger partial charge in [0.15, 0.2) is 0 Å². The number of aryl methyl sites for hydroxylation is 2. The van der Waals surface area contributed by atoms with Crippen LogP contribution < -0.4 is 5.32 Å². The Kier molecular flexibility index (Phi) is 4.12. The van der Waals surface area contributed by atoms with Gasteiger partial charge in [0, 0.05) is 29.2 Å². The van der Waals surface area contributed by atoms with E-state index in [0.717, 1.165) is 50.2 Å². The second-order valence-electron chi connectivity index (χ2n) is 6.96. The highest BCUT2D eigenvalue weighted by molar-refractivity contribution is 7.85. The van der Waals surface area contributed by atoms with Gasteiger partial charge in [0.05, 0.1) is 10.4 Å². The Morgan fingerprint density at radius 1 is 1.12 bits per heavy atom. The van der Waals surface area contributed by atoms with E-state index in [2.05, 4.69) is 45.8 Å². The van der Waals surface area contributed by atoms with Gasteiger partial charge in [0.25, 0.3) is 0 Å². The molecule has 4 nitrogen and oxygen atoms in total. The maximum atomic E-state index is 12.0. The molecule has 0 spiro atoms. The van der Waals surface area contributed by atoms with Gasteiger partial charge in [-0.05, 0) is 49.3 Å². The van der Waals surface area contributed by atoms with Crippen LogP contribution in [0, 0.1) is 0 Å². The van der Waals surface area contributed by atoms with Crippen molar-refractivity contribution in [1.29, 1.82) is 0 Å². The number of hydrogen-bond acceptors (Lipinski definition) is 4. The van der Waals surface area contributed by atoms with E-state index in [9.17, 15) is 4.21 Å². The summed E-state index contributed by atoms with van der Waals surface area (Å²) in [5.74, 6) is 0.810. The first-order valence-electron chi connectivity index (χ1n) is 8.70. The molecular weight excluding hydrogens is 318 g/mol. The molecule has 1 saturated carbocycles. The number of hydrogen-bond donors (Lipinski definition) is 1. The van der Waals surface area contributed by atoms with Crippen molar-refractivity contribution in [3.63, 3.8) is 0 Å². The average molecular weight is 341 g/mol. The number of nitrogens with one attached hydrogen (secondary N) is 1. The second kappa shape index (κ2) is 6.28. The van der Waals surface area contributed by atoms with Crippen molar-refractivity contribution in [3.05, 3.63) is 41.5 Å². The normalized spacial score (nSPS) is 19.4. The lowest BCUT2D eigenvalue weighted by molar-refractivity contribution is 0.368. The van der Waals surface area contributed by atoms with Crippen LogP contribution in [0.2, 0.25) is 0 Å². The van der Waals surface area contributed by atoms with Gasteiger partial charge >= 0.3 is 0 Å². The van der Waals surface area contributed by atoms with Crippen molar-refractivity contribution in [2.45, 2.75) is 43.3 Å². The molecule has 1 N–H and O–H groups in total. The SMILES string of the molecule is CS(=O)C1(CNc2cc3c(nn2)-c2ccccc2CCC3)CCC1. The van der Waals surface area contributed by atoms with Gasteiger partial charge in [-0.3, -0.25) is 4.21 Å². The Labute approximate surface area is 145 Å². The Morgan fingerprint density at radius 2 is 1.92 bits per heavy atom. The summed E-state index contributed by atoms with van der Waals surface area (Å²) in [7, 11) is -0.801. The summed E-state index contributed by atoms with van der Waals surface area (Å²) >= 11 is 0. The first kappa shape index (κ1) is 15.8. The molecule has 2 aliphatic carbocycles. The molecule has 1 fully saturated rings. The molecule has 4 rings (SSSR count). The van der Waals surface area contributed by atoms with Gasteiger partial charge in [-0.1, -0.05) is 30.7 Å². The predicted octanol–water partition coefficient (Wildman–Crippen LogP) is 3.35. The molecule has 0 saturated heterocycles. The number of fused-ring (bicyclic) bond motifs is 3.